The van der Waals surface area contributed by atoms with Gasteiger partial charge < -0.3 is 29.7 Å². The van der Waals surface area contributed by atoms with Crippen LogP contribution in [0.15, 0.2) is 0 Å². The molecule has 0 heterocycles. The van der Waals surface area contributed by atoms with Crippen molar-refractivity contribution in [2.75, 3.05) is 26.4 Å². The summed E-state index contributed by atoms with van der Waals surface area (Å²) >= 11 is 0. The number of amides is 1. The van der Waals surface area contributed by atoms with E-state index in [1.165, 1.54) is 0 Å². The lowest BCUT2D eigenvalue weighted by Crippen LogP contribution is -2.39. The zero-order chi connectivity index (χ0) is 18.8. The van der Waals surface area contributed by atoms with Crippen LogP contribution >= 0.6 is 0 Å². The van der Waals surface area contributed by atoms with E-state index in [1.807, 2.05) is 20.8 Å². The lowest BCUT2D eigenvalue weighted by atomic mass is 9.89. The Balaban J connectivity index is 4.59. The van der Waals surface area contributed by atoms with Crippen LogP contribution in [0, 0.1) is 5.41 Å². The van der Waals surface area contributed by atoms with Crippen LogP contribution in [-0.2, 0) is 14.2 Å². The van der Waals surface area contributed by atoms with Crippen LogP contribution in [0.3, 0.4) is 0 Å². The first-order valence-corrected chi connectivity index (χ1v) is 8.42. The van der Waals surface area contributed by atoms with Crippen LogP contribution in [0.5, 0.6) is 0 Å². The number of ether oxygens (including phenoxy) is 3. The van der Waals surface area contributed by atoms with Gasteiger partial charge in [0.15, 0.2) is 6.29 Å². The molecule has 7 heteroatoms. The quantitative estimate of drug-likeness (QED) is 0.412. The topological polar surface area (TPSA) is 97.2 Å². The monoisotopic (exact) mass is 349 g/mol. The maximum absolute atomic E-state index is 11.6. The molecule has 0 spiro atoms. The number of carbonyl (C=O) groups is 1. The summed E-state index contributed by atoms with van der Waals surface area (Å²) in [5, 5.41) is 20.7. The van der Waals surface area contributed by atoms with Crippen LogP contribution < -0.4 is 5.32 Å². The van der Waals surface area contributed by atoms with Crippen molar-refractivity contribution >= 4 is 6.09 Å². The van der Waals surface area contributed by atoms with E-state index in [1.54, 1.807) is 0 Å². The van der Waals surface area contributed by atoms with Crippen molar-refractivity contribution in [3.63, 3.8) is 0 Å². The van der Waals surface area contributed by atoms with Crippen LogP contribution in [0.4, 0.5) is 4.79 Å². The van der Waals surface area contributed by atoms with Crippen molar-refractivity contribution in [3.05, 3.63) is 0 Å². The molecule has 1 amide bonds. The summed E-state index contributed by atoms with van der Waals surface area (Å²) in [7, 11) is 0. The standard InChI is InChI=1S/C17H35NO6/c1-16(2,3)10-13(11-20)23-14(24-17(4,5)6)12-22-15(21)18-8-7-9-19/h13-14,19-20H,7-12H2,1-6H3,(H,18,21). The molecule has 7 nitrogen and oxygen atoms in total. The highest BCUT2D eigenvalue weighted by atomic mass is 16.7. The Bertz CT molecular complexity index is 348. The largest absolute Gasteiger partial charge is 0.444 e. The average molecular weight is 349 g/mol. The molecule has 2 unspecified atom stereocenters. The number of aliphatic hydroxyl groups is 2. The van der Waals surface area contributed by atoms with Gasteiger partial charge in [-0.05, 0) is 39.0 Å². The van der Waals surface area contributed by atoms with Gasteiger partial charge in [-0.15, -0.1) is 0 Å². The Labute approximate surface area is 145 Å². The van der Waals surface area contributed by atoms with Gasteiger partial charge in [0, 0.05) is 13.2 Å². The molecule has 0 rings (SSSR count). The van der Waals surface area contributed by atoms with Gasteiger partial charge in [0.1, 0.15) is 6.61 Å². The Morgan fingerprint density at radius 1 is 1.12 bits per heavy atom. The van der Waals surface area contributed by atoms with E-state index < -0.39 is 24.1 Å². The van der Waals surface area contributed by atoms with Crippen molar-refractivity contribution < 1.29 is 29.2 Å². The van der Waals surface area contributed by atoms with Gasteiger partial charge in [0.25, 0.3) is 0 Å². The maximum atomic E-state index is 11.6. The van der Waals surface area contributed by atoms with Crippen LogP contribution in [0.25, 0.3) is 0 Å². The molecule has 3 N–H and O–H groups in total. The molecule has 0 saturated heterocycles. The molecule has 0 aliphatic heterocycles. The third-order valence-electron chi connectivity index (χ3n) is 2.83. The molecule has 0 aliphatic rings. The van der Waals surface area contributed by atoms with E-state index in [0.717, 1.165) is 0 Å². The van der Waals surface area contributed by atoms with E-state index in [-0.39, 0.29) is 25.2 Å². The number of rotatable bonds is 10. The molecular formula is C17H35NO6. The summed E-state index contributed by atoms with van der Waals surface area (Å²) in [6, 6.07) is 0. The summed E-state index contributed by atoms with van der Waals surface area (Å²) in [6.07, 6.45) is -0.653. The number of hydrogen-bond acceptors (Lipinski definition) is 6. The highest BCUT2D eigenvalue weighted by Crippen LogP contribution is 2.24. The van der Waals surface area contributed by atoms with Crippen molar-refractivity contribution in [1.82, 2.24) is 5.32 Å². The summed E-state index contributed by atoms with van der Waals surface area (Å²) in [4.78, 5) is 11.6. The van der Waals surface area contributed by atoms with Gasteiger partial charge in [-0.1, -0.05) is 20.8 Å². The lowest BCUT2D eigenvalue weighted by molar-refractivity contribution is -0.236. The number of hydrogen-bond donors (Lipinski definition) is 3. The number of carbonyl (C=O) groups excluding carboxylic acids is 1. The minimum Gasteiger partial charge on any atom is -0.444 e. The fraction of sp³-hybridized carbons (Fsp3) is 0.941. The zero-order valence-corrected chi connectivity index (χ0v) is 15.9. The highest BCUT2D eigenvalue weighted by molar-refractivity contribution is 5.67. The van der Waals surface area contributed by atoms with Gasteiger partial charge in [0.05, 0.1) is 18.3 Å². The Morgan fingerprint density at radius 2 is 1.75 bits per heavy atom. The maximum Gasteiger partial charge on any atom is 0.407 e. The average Bonchev–Trinajstić information content (AvgIpc) is 2.41. The molecule has 0 bridgehead atoms. The third-order valence-corrected chi connectivity index (χ3v) is 2.83. The molecule has 0 aliphatic carbocycles. The van der Waals surface area contributed by atoms with Crippen molar-refractivity contribution in [2.45, 2.75) is 72.4 Å². The predicted molar refractivity (Wildman–Crippen MR) is 91.7 cm³/mol. The van der Waals surface area contributed by atoms with E-state index in [2.05, 4.69) is 26.1 Å². The summed E-state index contributed by atoms with van der Waals surface area (Å²) in [5.41, 5.74) is -0.495. The van der Waals surface area contributed by atoms with Crippen molar-refractivity contribution in [3.8, 4) is 0 Å². The summed E-state index contributed by atoms with van der Waals surface area (Å²) < 4.78 is 16.7. The number of alkyl carbamates (subject to hydrolysis) is 1. The second-order valence-corrected chi connectivity index (χ2v) is 7.97. The van der Waals surface area contributed by atoms with E-state index >= 15 is 0 Å². The molecule has 0 aromatic carbocycles. The van der Waals surface area contributed by atoms with Gasteiger partial charge in [-0.25, -0.2) is 4.79 Å². The molecule has 24 heavy (non-hydrogen) atoms. The molecule has 144 valence electrons. The van der Waals surface area contributed by atoms with Gasteiger partial charge in [-0.2, -0.15) is 0 Å². The van der Waals surface area contributed by atoms with Gasteiger partial charge >= 0.3 is 6.09 Å². The van der Waals surface area contributed by atoms with E-state index in [9.17, 15) is 9.90 Å². The Morgan fingerprint density at radius 3 is 2.21 bits per heavy atom. The Kier molecular flexibility index (Phi) is 10.5. The second-order valence-electron chi connectivity index (χ2n) is 7.97. The molecule has 0 radical (unpaired) electrons. The SMILES string of the molecule is CC(C)(C)CC(CO)OC(COC(=O)NCCCO)OC(C)(C)C. The van der Waals surface area contributed by atoms with E-state index in [4.69, 9.17) is 19.3 Å². The second kappa shape index (κ2) is 10.9. The van der Waals surface area contributed by atoms with Crippen LogP contribution in [0.2, 0.25) is 0 Å². The van der Waals surface area contributed by atoms with Gasteiger partial charge in [-0.3, -0.25) is 0 Å². The molecule has 0 saturated carbocycles. The minimum absolute atomic E-state index is 0.00410. The van der Waals surface area contributed by atoms with Crippen molar-refractivity contribution in [1.29, 1.82) is 0 Å². The first-order valence-electron chi connectivity index (χ1n) is 8.42. The van der Waals surface area contributed by atoms with Crippen LogP contribution in [0.1, 0.15) is 54.4 Å². The lowest BCUT2D eigenvalue weighted by Gasteiger charge is -2.32. The fourth-order valence-electron chi connectivity index (χ4n) is 2.01. The van der Waals surface area contributed by atoms with Crippen molar-refractivity contribution in [2.24, 2.45) is 5.41 Å². The highest BCUT2D eigenvalue weighted by Gasteiger charge is 2.26. The number of nitrogens with one attached hydrogen (secondary N) is 1. The number of aliphatic hydroxyl groups excluding tert-OH is 2. The smallest absolute Gasteiger partial charge is 0.407 e. The fourth-order valence-corrected chi connectivity index (χ4v) is 2.01. The van der Waals surface area contributed by atoms with E-state index in [0.29, 0.717) is 19.4 Å². The third kappa shape index (κ3) is 13.5. The molecule has 0 aromatic heterocycles. The van der Waals surface area contributed by atoms with Gasteiger partial charge in [0.2, 0.25) is 0 Å². The molecule has 0 fully saturated rings. The first kappa shape index (κ1) is 23.1. The normalized spacial score (nSPS) is 15.0. The Hall–Kier alpha value is -0.890. The van der Waals surface area contributed by atoms with Crippen LogP contribution in [-0.4, -0.2) is 60.7 Å². The summed E-state index contributed by atoms with van der Waals surface area (Å²) in [6.45, 7) is 11.9. The first-order chi connectivity index (χ1) is 11.0. The molecule has 2 atom stereocenters. The molecule has 0 aromatic rings. The molecular weight excluding hydrogens is 314 g/mol. The summed E-state index contributed by atoms with van der Waals surface area (Å²) in [5.74, 6) is 0. The predicted octanol–water partition coefficient (Wildman–Crippen LogP) is 2.05. The zero-order valence-electron chi connectivity index (χ0n) is 15.9. The minimum atomic E-state index is -0.770.